The number of nitriles is 1. The van der Waals surface area contributed by atoms with E-state index in [1.54, 1.807) is 80.3 Å². The molecule has 0 aromatic heterocycles. The number of nitrogens with zero attached hydrogens (tertiary/aromatic N) is 2. The maximum atomic E-state index is 13.9. The number of ether oxygens (including phenoxy) is 1. The lowest BCUT2D eigenvalue weighted by molar-refractivity contribution is -0.134. The normalized spacial score (nSPS) is 14.7. The topological polar surface area (TPSA) is 129 Å². The van der Waals surface area contributed by atoms with Crippen LogP contribution in [0.5, 0.6) is 0 Å². The van der Waals surface area contributed by atoms with E-state index in [-0.39, 0.29) is 17.2 Å². The molecular weight excluding hydrogens is 647 g/mol. The fourth-order valence-electron chi connectivity index (χ4n) is 5.35. The molecule has 1 atom stereocenters. The van der Waals surface area contributed by atoms with Crippen LogP contribution in [0.2, 0.25) is 10.0 Å². The third-order valence-corrected chi connectivity index (χ3v) is 9.64. The Labute approximate surface area is 280 Å². The molecular formula is C34H38Cl2N4O5S. The van der Waals surface area contributed by atoms with Crippen LogP contribution >= 0.6 is 23.2 Å². The molecule has 9 nitrogen and oxygen atoms in total. The zero-order valence-electron chi connectivity index (χ0n) is 26.1. The Morgan fingerprint density at radius 1 is 1.04 bits per heavy atom. The average molecular weight is 686 g/mol. The first-order valence-electron chi connectivity index (χ1n) is 15.1. The van der Waals surface area contributed by atoms with Gasteiger partial charge in [-0.1, -0.05) is 53.5 Å². The number of sulfonamides is 1. The van der Waals surface area contributed by atoms with Crippen molar-refractivity contribution in [3.8, 4) is 17.2 Å². The van der Waals surface area contributed by atoms with E-state index in [0.717, 1.165) is 19.3 Å². The van der Waals surface area contributed by atoms with Crippen molar-refractivity contribution in [2.24, 2.45) is 5.92 Å². The Kier molecular flexibility index (Phi) is 11.7. The maximum absolute atomic E-state index is 13.9. The Bertz CT molecular complexity index is 1710. The molecule has 244 valence electrons. The second-order valence-electron chi connectivity index (χ2n) is 12.3. The van der Waals surface area contributed by atoms with E-state index < -0.39 is 27.8 Å². The van der Waals surface area contributed by atoms with Gasteiger partial charge in [0.15, 0.2) is 0 Å². The van der Waals surface area contributed by atoms with Crippen LogP contribution in [0.25, 0.3) is 11.1 Å². The molecule has 4 rings (SSSR count). The monoisotopic (exact) mass is 684 g/mol. The number of hydrogen-bond acceptors (Lipinski definition) is 6. The van der Waals surface area contributed by atoms with Crippen molar-refractivity contribution in [3.63, 3.8) is 0 Å². The van der Waals surface area contributed by atoms with Gasteiger partial charge in [0.2, 0.25) is 15.9 Å². The summed E-state index contributed by atoms with van der Waals surface area (Å²) in [6, 6.07) is 19.1. The van der Waals surface area contributed by atoms with Gasteiger partial charge in [-0.15, -0.1) is 0 Å². The van der Waals surface area contributed by atoms with Gasteiger partial charge in [-0.25, -0.2) is 13.2 Å². The van der Waals surface area contributed by atoms with E-state index in [0.29, 0.717) is 57.9 Å². The predicted molar refractivity (Wildman–Crippen MR) is 179 cm³/mol. The summed E-state index contributed by atoms with van der Waals surface area (Å²) < 4.78 is 35.4. The third kappa shape index (κ3) is 9.94. The zero-order valence-corrected chi connectivity index (χ0v) is 28.4. The first kappa shape index (κ1) is 35.2. The number of benzene rings is 3. The molecule has 0 saturated carbocycles. The van der Waals surface area contributed by atoms with Crippen LogP contribution in [0.1, 0.15) is 51.2 Å². The van der Waals surface area contributed by atoms with E-state index >= 15 is 0 Å². The Morgan fingerprint density at radius 3 is 2.43 bits per heavy atom. The lowest BCUT2D eigenvalue weighted by Crippen LogP contribution is -2.51. The second-order valence-corrected chi connectivity index (χ2v) is 14.9. The summed E-state index contributed by atoms with van der Waals surface area (Å²) in [7, 11) is -4.16. The number of carbonyl (C=O) groups is 2. The molecule has 0 spiro atoms. The molecule has 3 aromatic rings. The highest BCUT2D eigenvalue weighted by Gasteiger charge is 2.32. The maximum Gasteiger partial charge on any atom is 0.407 e. The summed E-state index contributed by atoms with van der Waals surface area (Å²) in [6.45, 7) is 6.80. The summed E-state index contributed by atoms with van der Waals surface area (Å²) in [5, 5.41) is 13.0. The molecule has 2 N–H and O–H groups in total. The van der Waals surface area contributed by atoms with Gasteiger partial charge in [-0.05, 0) is 99.9 Å². The minimum absolute atomic E-state index is 0.0178. The smallest absolute Gasteiger partial charge is 0.407 e. The molecule has 0 radical (unpaired) electrons. The highest BCUT2D eigenvalue weighted by molar-refractivity contribution is 7.89. The molecule has 1 saturated heterocycles. The summed E-state index contributed by atoms with van der Waals surface area (Å²) in [6.07, 6.45) is 1.78. The molecule has 46 heavy (non-hydrogen) atoms. The Morgan fingerprint density at radius 2 is 1.76 bits per heavy atom. The van der Waals surface area contributed by atoms with Gasteiger partial charge in [-0.3, -0.25) is 4.79 Å². The van der Waals surface area contributed by atoms with Crippen molar-refractivity contribution >= 4 is 45.2 Å². The number of carbonyl (C=O) groups excluding carboxylic acids is 2. The van der Waals surface area contributed by atoms with Crippen LogP contribution in [0.15, 0.2) is 71.6 Å². The van der Waals surface area contributed by atoms with Gasteiger partial charge >= 0.3 is 6.09 Å². The van der Waals surface area contributed by atoms with Gasteiger partial charge in [0.1, 0.15) is 11.6 Å². The van der Waals surface area contributed by atoms with Crippen molar-refractivity contribution in [1.82, 2.24) is 14.9 Å². The van der Waals surface area contributed by atoms with Gasteiger partial charge in [0.05, 0.1) is 16.5 Å². The number of rotatable bonds is 10. The van der Waals surface area contributed by atoms with E-state index in [1.165, 1.54) is 12.1 Å². The van der Waals surface area contributed by atoms with Gasteiger partial charge in [-0.2, -0.15) is 9.98 Å². The van der Waals surface area contributed by atoms with Crippen LogP contribution in [0.4, 0.5) is 4.79 Å². The molecule has 12 heteroatoms. The van der Waals surface area contributed by atoms with Crippen molar-refractivity contribution in [3.05, 3.63) is 87.9 Å². The SMILES string of the molecule is CC(C)(C)OC(=O)NCCC1CCN(C(=O)[C@H](Cc2cccc(C#N)c2)NS(=O)(=O)c2cccc(-c3ccc(Cl)cc3Cl)c2)CC1. The quantitative estimate of drug-likeness (QED) is 0.248. The molecule has 1 aliphatic rings. The van der Waals surface area contributed by atoms with E-state index in [4.69, 9.17) is 27.9 Å². The van der Waals surface area contributed by atoms with Gasteiger partial charge in [0, 0.05) is 35.2 Å². The highest BCUT2D eigenvalue weighted by atomic mass is 35.5. The van der Waals surface area contributed by atoms with E-state index in [1.807, 2.05) is 0 Å². The number of alkyl carbamates (subject to hydrolysis) is 1. The predicted octanol–water partition coefficient (Wildman–Crippen LogP) is 6.58. The Hall–Kier alpha value is -3.62. The number of amides is 2. The molecule has 1 aliphatic heterocycles. The van der Waals surface area contributed by atoms with Crippen LogP contribution in [0, 0.1) is 17.2 Å². The highest BCUT2D eigenvalue weighted by Crippen LogP contribution is 2.31. The fraction of sp³-hybridized carbons (Fsp3) is 0.382. The molecule has 1 fully saturated rings. The first-order chi connectivity index (χ1) is 21.7. The van der Waals surface area contributed by atoms with Crippen molar-refractivity contribution < 1.29 is 22.7 Å². The minimum Gasteiger partial charge on any atom is -0.444 e. The average Bonchev–Trinajstić information content (AvgIpc) is 3.00. The summed E-state index contributed by atoms with van der Waals surface area (Å²) in [5.74, 6) is -0.0444. The largest absolute Gasteiger partial charge is 0.444 e. The zero-order chi connectivity index (χ0) is 33.5. The van der Waals surface area contributed by atoms with Crippen molar-refractivity contribution in [1.29, 1.82) is 5.26 Å². The summed E-state index contributed by atoms with van der Waals surface area (Å²) >= 11 is 12.4. The number of hydrogen-bond donors (Lipinski definition) is 2. The summed E-state index contributed by atoms with van der Waals surface area (Å²) in [5.41, 5.74) is 1.70. The number of nitrogens with one attached hydrogen (secondary N) is 2. The molecule has 1 heterocycles. The van der Waals surface area contributed by atoms with Crippen LogP contribution in [0.3, 0.4) is 0 Å². The standard InChI is InChI=1S/C34H38Cl2N4O5S/c1-34(2,3)45-33(42)38-15-12-23-13-16-40(17-14-23)32(41)31(19-24-6-4-7-25(18-24)22-37)39-46(43,44)28-9-5-8-26(20-28)29-11-10-27(35)21-30(29)36/h4-11,18,20-21,23,31,39H,12-17,19H2,1-3H3,(H,38,42)/t31-/m0/s1. The molecule has 2 amide bonds. The van der Waals surface area contributed by atoms with Crippen molar-refractivity contribution in [2.45, 2.75) is 63.0 Å². The first-order valence-corrected chi connectivity index (χ1v) is 17.3. The van der Waals surface area contributed by atoms with Gasteiger partial charge in [0.25, 0.3) is 0 Å². The lowest BCUT2D eigenvalue weighted by atomic mass is 9.93. The molecule has 3 aromatic carbocycles. The molecule has 0 unspecified atom stereocenters. The molecule has 0 bridgehead atoms. The third-order valence-electron chi connectivity index (χ3n) is 7.62. The van der Waals surface area contributed by atoms with Crippen LogP contribution < -0.4 is 10.0 Å². The number of halogens is 2. The fourth-order valence-corrected chi connectivity index (χ4v) is 7.10. The van der Waals surface area contributed by atoms with E-state index in [2.05, 4.69) is 16.1 Å². The van der Waals surface area contributed by atoms with E-state index in [9.17, 15) is 23.3 Å². The number of piperidine rings is 1. The lowest BCUT2D eigenvalue weighted by Gasteiger charge is -2.34. The van der Waals surface area contributed by atoms with Crippen molar-refractivity contribution in [2.75, 3.05) is 19.6 Å². The molecule has 0 aliphatic carbocycles. The van der Waals surface area contributed by atoms with Crippen LogP contribution in [-0.4, -0.2) is 56.6 Å². The second kappa shape index (κ2) is 15.3. The minimum atomic E-state index is -4.16. The van der Waals surface area contributed by atoms with Gasteiger partial charge < -0.3 is 15.0 Å². The number of likely N-dealkylation sites (tertiary alicyclic amines) is 1. The Balaban J connectivity index is 1.48. The van der Waals surface area contributed by atoms with Crippen LogP contribution in [-0.2, 0) is 26.0 Å². The summed E-state index contributed by atoms with van der Waals surface area (Å²) in [4.78, 5) is 27.5.